The minimum absolute atomic E-state index is 0.127. The van der Waals surface area contributed by atoms with Gasteiger partial charge in [-0.3, -0.25) is 10.1 Å². The van der Waals surface area contributed by atoms with Crippen LogP contribution in [0.15, 0.2) is 48.5 Å². The number of carbonyl (C=O) groups is 2. The quantitative estimate of drug-likeness (QED) is 0.454. The Hall–Kier alpha value is -2.61. The van der Waals surface area contributed by atoms with Gasteiger partial charge in [0.1, 0.15) is 17.9 Å². The summed E-state index contributed by atoms with van der Waals surface area (Å²) in [6, 6.07) is 13.9. The zero-order valence-corrected chi connectivity index (χ0v) is 18.4. The van der Waals surface area contributed by atoms with E-state index in [2.05, 4.69) is 10.6 Å². The van der Waals surface area contributed by atoms with Crippen LogP contribution < -0.4 is 15.4 Å². The normalized spacial score (nSPS) is 18.9. The van der Waals surface area contributed by atoms with Gasteiger partial charge in [0.25, 0.3) is 0 Å². The van der Waals surface area contributed by atoms with Crippen LogP contribution in [0.3, 0.4) is 0 Å². The van der Waals surface area contributed by atoms with Crippen LogP contribution >= 0.6 is 11.6 Å². The molecule has 2 atom stereocenters. The fourth-order valence-corrected chi connectivity index (χ4v) is 3.60. The van der Waals surface area contributed by atoms with E-state index in [0.29, 0.717) is 49.1 Å². The summed E-state index contributed by atoms with van der Waals surface area (Å²) in [7, 11) is 1.34. The van der Waals surface area contributed by atoms with Crippen LogP contribution in [-0.4, -0.2) is 50.9 Å². The predicted molar refractivity (Wildman–Crippen MR) is 117 cm³/mol. The Morgan fingerprint density at radius 3 is 2.65 bits per heavy atom. The number of amides is 1. The topological polar surface area (TPSA) is 85.9 Å². The summed E-state index contributed by atoms with van der Waals surface area (Å²) < 4.78 is 15.9. The molecule has 0 radical (unpaired) electrons. The first-order valence-electron chi connectivity index (χ1n) is 10.1. The molecule has 1 heterocycles. The molecule has 1 amide bonds. The molecule has 31 heavy (non-hydrogen) atoms. The summed E-state index contributed by atoms with van der Waals surface area (Å²) in [6.45, 7) is 3.57. The van der Waals surface area contributed by atoms with Crippen molar-refractivity contribution in [2.45, 2.75) is 24.9 Å². The van der Waals surface area contributed by atoms with Crippen molar-refractivity contribution in [3.63, 3.8) is 0 Å². The van der Waals surface area contributed by atoms with E-state index >= 15 is 0 Å². The van der Waals surface area contributed by atoms with Crippen molar-refractivity contribution in [3.05, 3.63) is 64.7 Å². The van der Waals surface area contributed by atoms with Crippen LogP contribution in [0.4, 0.5) is 0 Å². The van der Waals surface area contributed by atoms with Gasteiger partial charge in [0, 0.05) is 24.6 Å². The third-order valence-electron chi connectivity index (χ3n) is 5.27. The highest BCUT2D eigenvalue weighted by molar-refractivity contribution is 6.30. The molecular weight excluding hydrogens is 420 g/mol. The maximum atomic E-state index is 13.1. The molecule has 2 aromatic carbocycles. The number of ether oxygens (including phenoxy) is 3. The van der Waals surface area contributed by atoms with E-state index in [1.807, 2.05) is 19.1 Å². The second-order valence-corrected chi connectivity index (χ2v) is 7.86. The predicted octanol–water partition coefficient (Wildman–Crippen LogP) is 3.13. The highest BCUT2D eigenvalue weighted by Gasteiger charge is 2.42. The number of benzene rings is 2. The lowest BCUT2D eigenvalue weighted by Crippen LogP contribution is -2.58. The number of halogens is 1. The van der Waals surface area contributed by atoms with Crippen LogP contribution in [0.5, 0.6) is 5.75 Å². The van der Waals surface area contributed by atoms with Gasteiger partial charge in [-0.05, 0) is 42.8 Å². The van der Waals surface area contributed by atoms with Gasteiger partial charge in [-0.1, -0.05) is 29.8 Å². The van der Waals surface area contributed by atoms with Crippen LogP contribution in [0, 0.1) is 0 Å². The van der Waals surface area contributed by atoms with Crippen LogP contribution in [-0.2, 0) is 14.3 Å². The van der Waals surface area contributed by atoms with E-state index in [1.165, 1.54) is 7.11 Å². The lowest BCUT2D eigenvalue weighted by atomic mass is 9.96. The second-order valence-electron chi connectivity index (χ2n) is 7.43. The molecule has 7 nitrogen and oxygen atoms in total. The molecular formula is C23H27ClN2O5. The van der Waals surface area contributed by atoms with Crippen molar-refractivity contribution < 1.29 is 23.8 Å². The molecule has 3 rings (SSSR count). The van der Waals surface area contributed by atoms with Gasteiger partial charge in [-0.15, -0.1) is 0 Å². The van der Waals surface area contributed by atoms with Crippen LogP contribution in [0.1, 0.15) is 35.3 Å². The summed E-state index contributed by atoms with van der Waals surface area (Å²) in [6.07, 6.45) is 0.573. The Morgan fingerprint density at radius 1 is 1.23 bits per heavy atom. The van der Waals surface area contributed by atoms with Gasteiger partial charge < -0.3 is 19.5 Å². The Bertz CT molecular complexity index is 897. The number of carbonyl (C=O) groups excluding carboxylic acids is 2. The second kappa shape index (κ2) is 10.6. The molecule has 1 fully saturated rings. The largest absolute Gasteiger partial charge is 0.492 e. The number of methoxy groups -OCH3 is 1. The van der Waals surface area contributed by atoms with Crippen LogP contribution in [0.25, 0.3) is 0 Å². The number of rotatable bonds is 9. The molecule has 0 aliphatic carbocycles. The summed E-state index contributed by atoms with van der Waals surface area (Å²) in [4.78, 5) is 24.7. The first-order chi connectivity index (χ1) is 14.9. The Morgan fingerprint density at radius 2 is 2.00 bits per heavy atom. The van der Waals surface area contributed by atoms with Crippen molar-refractivity contribution in [2.75, 3.05) is 33.5 Å². The van der Waals surface area contributed by atoms with E-state index in [0.717, 1.165) is 5.56 Å². The van der Waals surface area contributed by atoms with Crippen molar-refractivity contribution in [1.82, 2.24) is 10.6 Å². The van der Waals surface area contributed by atoms with Gasteiger partial charge >= 0.3 is 5.97 Å². The summed E-state index contributed by atoms with van der Waals surface area (Å²) in [5, 5.41) is 6.97. The molecule has 1 aliphatic heterocycles. The molecule has 0 saturated carbocycles. The fourth-order valence-electron chi connectivity index (χ4n) is 3.42. The fraction of sp³-hybridized carbons (Fsp3) is 0.391. The maximum Gasteiger partial charge on any atom is 0.337 e. The van der Waals surface area contributed by atoms with Crippen molar-refractivity contribution >= 4 is 23.5 Å². The molecule has 2 unspecified atom stereocenters. The molecule has 2 aromatic rings. The van der Waals surface area contributed by atoms with Gasteiger partial charge in [0.2, 0.25) is 5.91 Å². The Kier molecular flexibility index (Phi) is 7.90. The number of esters is 1. The lowest BCUT2D eigenvalue weighted by molar-refractivity contribution is -0.128. The van der Waals surface area contributed by atoms with Gasteiger partial charge in [0.15, 0.2) is 0 Å². The number of nitrogens with one attached hydrogen (secondary N) is 2. The lowest BCUT2D eigenvalue weighted by Gasteiger charge is -2.29. The van der Waals surface area contributed by atoms with E-state index in [-0.39, 0.29) is 11.9 Å². The molecule has 0 aromatic heterocycles. The maximum absolute atomic E-state index is 13.1. The van der Waals surface area contributed by atoms with Crippen LogP contribution in [0.2, 0.25) is 5.02 Å². The monoisotopic (exact) mass is 446 g/mol. The minimum atomic E-state index is -0.808. The van der Waals surface area contributed by atoms with E-state index in [4.69, 9.17) is 25.8 Å². The van der Waals surface area contributed by atoms with Crippen molar-refractivity contribution in [2.24, 2.45) is 0 Å². The molecule has 2 N–H and O–H groups in total. The molecule has 1 saturated heterocycles. The Balaban J connectivity index is 1.55. The zero-order chi connectivity index (χ0) is 22.3. The van der Waals surface area contributed by atoms with Crippen molar-refractivity contribution in [1.29, 1.82) is 0 Å². The SMILES string of the molecule is COC(=O)c1ccc(C(C)NC(=O)C2(NCCOc3cccc(Cl)c3)CCOC2)cc1. The summed E-state index contributed by atoms with van der Waals surface area (Å²) in [5.74, 6) is 0.159. The zero-order valence-electron chi connectivity index (χ0n) is 17.7. The van der Waals surface area contributed by atoms with Gasteiger partial charge in [-0.2, -0.15) is 0 Å². The Labute approximate surface area is 187 Å². The molecule has 1 aliphatic rings. The van der Waals surface area contributed by atoms with Gasteiger partial charge in [-0.25, -0.2) is 4.79 Å². The molecule has 166 valence electrons. The van der Waals surface area contributed by atoms with E-state index < -0.39 is 11.5 Å². The van der Waals surface area contributed by atoms with E-state index in [9.17, 15) is 9.59 Å². The number of hydrogen-bond donors (Lipinski definition) is 2. The smallest absolute Gasteiger partial charge is 0.337 e. The first-order valence-corrected chi connectivity index (χ1v) is 10.5. The standard InChI is InChI=1S/C23H27ClN2O5/c1-16(17-6-8-18(9-7-17)21(27)29-2)26-22(28)23(10-12-30-15-23)25-11-13-31-20-5-3-4-19(24)14-20/h3-9,14,16,25H,10-13,15H2,1-2H3,(H,26,28). The highest BCUT2D eigenvalue weighted by atomic mass is 35.5. The minimum Gasteiger partial charge on any atom is -0.492 e. The molecule has 0 bridgehead atoms. The third-order valence-corrected chi connectivity index (χ3v) is 5.50. The molecule has 8 heteroatoms. The highest BCUT2D eigenvalue weighted by Crippen LogP contribution is 2.22. The third kappa shape index (κ3) is 5.97. The average Bonchev–Trinajstić information content (AvgIpc) is 3.26. The van der Waals surface area contributed by atoms with Crippen molar-refractivity contribution in [3.8, 4) is 5.75 Å². The van der Waals surface area contributed by atoms with Gasteiger partial charge in [0.05, 0.1) is 25.3 Å². The number of hydrogen-bond acceptors (Lipinski definition) is 6. The summed E-state index contributed by atoms with van der Waals surface area (Å²) >= 11 is 5.97. The average molecular weight is 447 g/mol. The van der Waals surface area contributed by atoms with E-state index in [1.54, 1.807) is 36.4 Å². The first kappa shape index (κ1) is 23.1. The molecule has 0 spiro atoms. The summed E-state index contributed by atoms with van der Waals surface area (Å²) in [5.41, 5.74) is 0.545.